The van der Waals surface area contributed by atoms with Crippen molar-refractivity contribution in [1.82, 2.24) is 4.90 Å². The van der Waals surface area contributed by atoms with E-state index in [2.05, 4.69) is 81.1 Å². The van der Waals surface area contributed by atoms with Crippen LogP contribution in [0.3, 0.4) is 0 Å². The highest BCUT2D eigenvalue weighted by molar-refractivity contribution is 4.96. The number of unbranched alkanes of at least 4 members (excludes halogenated alkanes) is 8. The summed E-state index contributed by atoms with van der Waals surface area (Å²) in [5.41, 5.74) is 1.18. The average molecular weight is 396 g/mol. The van der Waals surface area contributed by atoms with Gasteiger partial charge in [-0.1, -0.05) is 99.8 Å². The van der Waals surface area contributed by atoms with E-state index in [9.17, 15) is 0 Å². The van der Waals surface area contributed by atoms with Gasteiger partial charge in [0.2, 0.25) is 0 Å². The molecule has 0 aromatic carbocycles. The molecule has 0 rings (SSSR count). The van der Waals surface area contributed by atoms with Crippen LogP contribution in [0.2, 0.25) is 0 Å². The highest BCUT2D eigenvalue weighted by Gasteiger charge is 2.41. The molecule has 0 aromatic heterocycles. The van der Waals surface area contributed by atoms with E-state index in [0.29, 0.717) is 10.8 Å². The van der Waals surface area contributed by atoms with Crippen molar-refractivity contribution < 1.29 is 0 Å². The lowest BCUT2D eigenvalue weighted by molar-refractivity contribution is -0.0266. The molecule has 1 nitrogen and oxygen atoms in total. The van der Waals surface area contributed by atoms with Crippen LogP contribution in [0.25, 0.3) is 0 Å². The van der Waals surface area contributed by atoms with E-state index in [1.54, 1.807) is 0 Å². The van der Waals surface area contributed by atoms with Crippen molar-refractivity contribution in [2.45, 2.75) is 158 Å². The van der Waals surface area contributed by atoms with Gasteiger partial charge in [-0.25, -0.2) is 0 Å². The molecular formula is C27H57N. The molecule has 0 amide bonds. The van der Waals surface area contributed by atoms with Crippen LogP contribution < -0.4 is 0 Å². The minimum absolute atomic E-state index is 0.229. The van der Waals surface area contributed by atoms with Gasteiger partial charge in [-0.05, 0) is 64.3 Å². The summed E-state index contributed by atoms with van der Waals surface area (Å²) in [6, 6.07) is 0. The van der Waals surface area contributed by atoms with Crippen molar-refractivity contribution in [1.29, 1.82) is 0 Å². The van der Waals surface area contributed by atoms with Gasteiger partial charge >= 0.3 is 0 Å². The second-order valence-corrected chi connectivity index (χ2v) is 13.1. The summed E-state index contributed by atoms with van der Waals surface area (Å²) >= 11 is 0. The van der Waals surface area contributed by atoms with Crippen LogP contribution in [0.15, 0.2) is 0 Å². The van der Waals surface area contributed by atoms with E-state index >= 15 is 0 Å². The van der Waals surface area contributed by atoms with Crippen molar-refractivity contribution in [3.05, 3.63) is 0 Å². The first-order chi connectivity index (χ1) is 12.6. The maximum Gasteiger partial charge on any atom is 0.0163 e. The molecule has 0 spiro atoms. The average Bonchev–Trinajstić information content (AvgIpc) is 2.43. The highest BCUT2D eigenvalue weighted by atomic mass is 15.2. The molecule has 0 saturated carbocycles. The molecule has 0 fully saturated rings. The van der Waals surface area contributed by atoms with Gasteiger partial charge in [-0.2, -0.15) is 0 Å². The number of nitrogens with zero attached hydrogens (tertiary/aromatic N) is 1. The maximum absolute atomic E-state index is 2.86. The van der Waals surface area contributed by atoms with Gasteiger partial charge in [-0.15, -0.1) is 0 Å². The molecule has 1 heteroatoms. The Hall–Kier alpha value is -0.0400. The van der Waals surface area contributed by atoms with E-state index < -0.39 is 0 Å². The third-order valence-electron chi connectivity index (χ3n) is 5.87. The van der Waals surface area contributed by atoms with E-state index in [1.807, 2.05) is 0 Å². The predicted molar refractivity (Wildman–Crippen MR) is 130 cm³/mol. The van der Waals surface area contributed by atoms with E-state index in [-0.39, 0.29) is 11.1 Å². The van der Waals surface area contributed by atoms with Crippen molar-refractivity contribution in [2.75, 3.05) is 6.54 Å². The van der Waals surface area contributed by atoms with Crippen molar-refractivity contribution >= 4 is 0 Å². The largest absolute Gasteiger partial charge is 0.293 e. The number of hydrogen-bond acceptors (Lipinski definition) is 1. The van der Waals surface area contributed by atoms with Crippen LogP contribution in [-0.4, -0.2) is 22.5 Å². The summed E-state index contributed by atoms with van der Waals surface area (Å²) in [6.07, 6.45) is 15.1. The fourth-order valence-corrected chi connectivity index (χ4v) is 5.79. The summed E-state index contributed by atoms with van der Waals surface area (Å²) in [4.78, 5) is 2.86. The van der Waals surface area contributed by atoms with Gasteiger partial charge in [0.15, 0.2) is 0 Å². The summed E-state index contributed by atoms with van der Waals surface area (Å²) in [5.74, 6) is 0. The Bertz CT molecular complexity index is 363. The third kappa shape index (κ3) is 13.2. The first kappa shape index (κ1) is 28.0. The quantitative estimate of drug-likeness (QED) is 0.265. The van der Waals surface area contributed by atoms with Crippen LogP contribution >= 0.6 is 0 Å². The molecule has 0 heterocycles. The fourth-order valence-electron chi connectivity index (χ4n) is 5.79. The van der Waals surface area contributed by atoms with Gasteiger partial charge < -0.3 is 0 Å². The zero-order valence-corrected chi connectivity index (χ0v) is 21.9. The van der Waals surface area contributed by atoms with Crippen molar-refractivity contribution in [3.63, 3.8) is 0 Å². The summed E-state index contributed by atoms with van der Waals surface area (Å²) < 4.78 is 0. The zero-order chi connectivity index (χ0) is 22.1. The Balaban J connectivity index is 4.79. The van der Waals surface area contributed by atoms with E-state index in [1.165, 1.54) is 77.2 Å². The first-order valence-corrected chi connectivity index (χ1v) is 12.4. The molecule has 0 aliphatic carbocycles. The molecule has 0 aliphatic heterocycles. The van der Waals surface area contributed by atoms with Crippen LogP contribution in [0.1, 0.15) is 147 Å². The highest BCUT2D eigenvalue weighted by Crippen LogP contribution is 2.40. The van der Waals surface area contributed by atoms with Gasteiger partial charge in [0, 0.05) is 11.1 Å². The number of hydrogen-bond donors (Lipinski definition) is 0. The Kier molecular flexibility index (Phi) is 12.0. The fraction of sp³-hybridized carbons (Fsp3) is 1.00. The molecule has 0 bridgehead atoms. The van der Waals surface area contributed by atoms with Gasteiger partial charge in [-0.3, -0.25) is 4.90 Å². The van der Waals surface area contributed by atoms with Gasteiger partial charge in [0.25, 0.3) is 0 Å². The smallest absolute Gasteiger partial charge is 0.0163 e. The first-order valence-electron chi connectivity index (χ1n) is 12.4. The molecule has 0 unspecified atom stereocenters. The SMILES string of the molecule is CCCCCCCCCCCN(C(C)(C)CC(C)(C)C)C(C)(C)CC(C)(C)C. The molecular weight excluding hydrogens is 338 g/mol. The van der Waals surface area contributed by atoms with E-state index in [4.69, 9.17) is 0 Å². The molecule has 170 valence electrons. The lowest BCUT2D eigenvalue weighted by Crippen LogP contribution is -2.58. The zero-order valence-electron chi connectivity index (χ0n) is 21.9. The van der Waals surface area contributed by atoms with Crippen molar-refractivity contribution in [3.8, 4) is 0 Å². The lowest BCUT2D eigenvalue weighted by Gasteiger charge is -2.52. The molecule has 28 heavy (non-hydrogen) atoms. The normalized spacial score (nSPS) is 14.1. The summed E-state index contributed by atoms with van der Waals surface area (Å²) in [6.45, 7) is 27.8. The minimum Gasteiger partial charge on any atom is -0.293 e. The molecule has 0 aromatic rings. The van der Waals surface area contributed by atoms with Crippen LogP contribution in [0.4, 0.5) is 0 Å². The second-order valence-electron chi connectivity index (χ2n) is 13.1. The molecule has 0 N–H and O–H groups in total. The molecule has 0 radical (unpaired) electrons. The standard InChI is InChI=1S/C27H57N/c1-12-13-14-15-16-17-18-19-20-21-28(26(8,9)22-24(2,3)4)27(10,11)23-25(5,6)7/h12-23H2,1-11H3. The Morgan fingerprint density at radius 2 is 0.786 bits per heavy atom. The number of rotatable bonds is 14. The molecule has 0 aliphatic rings. The third-order valence-corrected chi connectivity index (χ3v) is 5.87. The Morgan fingerprint density at radius 3 is 1.11 bits per heavy atom. The maximum atomic E-state index is 2.86. The summed E-state index contributed by atoms with van der Waals surface area (Å²) in [5, 5.41) is 0. The van der Waals surface area contributed by atoms with E-state index in [0.717, 1.165) is 0 Å². The molecule has 0 saturated heterocycles. The second kappa shape index (κ2) is 12.0. The summed E-state index contributed by atoms with van der Waals surface area (Å²) in [7, 11) is 0. The van der Waals surface area contributed by atoms with Crippen LogP contribution in [0, 0.1) is 10.8 Å². The Morgan fingerprint density at radius 1 is 0.464 bits per heavy atom. The van der Waals surface area contributed by atoms with Crippen molar-refractivity contribution in [2.24, 2.45) is 10.8 Å². The van der Waals surface area contributed by atoms with Crippen LogP contribution in [0.5, 0.6) is 0 Å². The van der Waals surface area contributed by atoms with Crippen LogP contribution in [-0.2, 0) is 0 Å². The lowest BCUT2D eigenvalue weighted by atomic mass is 9.75. The monoisotopic (exact) mass is 395 g/mol. The van der Waals surface area contributed by atoms with Gasteiger partial charge in [0.05, 0.1) is 0 Å². The molecule has 0 atom stereocenters. The topological polar surface area (TPSA) is 3.24 Å². The Labute approximate surface area is 180 Å². The van der Waals surface area contributed by atoms with Gasteiger partial charge in [0.1, 0.15) is 0 Å². The predicted octanol–water partition coefficient (Wildman–Crippen LogP) is 9.25. The minimum atomic E-state index is 0.229.